The van der Waals surface area contributed by atoms with Gasteiger partial charge < -0.3 is 5.11 Å². The molecule has 0 aromatic carbocycles. The summed E-state index contributed by atoms with van der Waals surface area (Å²) in [7, 11) is 0. The Balaban J connectivity index is 1.64. The number of aliphatic hydroxyl groups excluding tert-OH is 1. The molecule has 2 nitrogen and oxygen atoms in total. The molecule has 0 heterocycles. The fourth-order valence-corrected chi connectivity index (χ4v) is 7.02. The highest BCUT2D eigenvalue weighted by molar-refractivity contribution is 5.79. The minimum atomic E-state index is -0.0677. The van der Waals surface area contributed by atoms with Crippen LogP contribution in [0.15, 0.2) is 0 Å². The SMILES string of the molecule is C[C@@]12CCC(=O)C[C@@H]1CC[C@@H]1[C@@H]2CC[C@]2(C)[C@@H](O)CC[C@@H]12. The van der Waals surface area contributed by atoms with E-state index in [1.165, 1.54) is 32.1 Å². The number of ketones is 1. The van der Waals surface area contributed by atoms with Crippen molar-refractivity contribution in [3.05, 3.63) is 0 Å². The predicted octanol–water partition coefficient (Wildman–Crippen LogP) is 3.96. The summed E-state index contributed by atoms with van der Waals surface area (Å²) in [6.45, 7) is 4.85. The molecule has 4 aliphatic carbocycles. The molecule has 4 aliphatic rings. The minimum Gasteiger partial charge on any atom is -0.393 e. The lowest BCUT2D eigenvalue weighted by Crippen LogP contribution is -2.54. The molecule has 0 saturated heterocycles. The summed E-state index contributed by atoms with van der Waals surface area (Å²) in [5.41, 5.74) is 0.598. The van der Waals surface area contributed by atoms with Gasteiger partial charge in [0, 0.05) is 12.8 Å². The van der Waals surface area contributed by atoms with Crippen molar-refractivity contribution >= 4 is 5.78 Å². The molecule has 0 spiro atoms. The molecule has 4 saturated carbocycles. The van der Waals surface area contributed by atoms with E-state index in [-0.39, 0.29) is 11.5 Å². The lowest BCUT2D eigenvalue weighted by Gasteiger charge is -2.60. The zero-order valence-electron chi connectivity index (χ0n) is 13.6. The van der Waals surface area contributed by atoms with Crippen LogP contribution in [0, 0.1) is 34.5 Å². The van der Waals surface area contributed by atoms with E-state index in [9.17, 15) is 9.90 Å². The Labute approximate surface area is 128 Å². The van der Waals surface area contributed by atoms with Gasteiger partial charge in [-0.3, -0.25) is 4.79 Å². The fraction of sp³-hybridized carbons (Fsp3) is 0.947. The second-order valence-electron chi connectivity index (χ2n) is 9.04. The van der Waals surface area contributed by atoms with Crippen molar-refractivity contribution < 1.29 is 9.90 Å². The Bertz CT molecular complexity index is 458. The monoisotopic (exact) mass is 290 g/mol. The molecule has 0 unspecified atom stereocenters. The summed E-state index contributed by atoms with van der Waals surface area (Å²) in [4.78, 5) is 11.9. The molecule has 2 heteroatoms. The van der Waals surface area contributed by atoms with E-state index in [1.54, 1.807) is 0 Å². The average molecular weight is 290 g/mol. The summed E-state index contributed by atoms with van der Waals surface area (Å²) >= 11 is 0. The first-order valence-corrected chi connectivity index (χ1v) is 9.15. The highest BCUT2D eigenvalue weighted by Gasteiger charge is 2.59. The van der Waals surface area contributed by atoms with Crippen molar-refractivity contribution in [1.82, 2.24) is 0 Å². The maximum Gasteiger partial charge on any atom is 0.133 e. The number of hydrogen-bond donors (Lipinski definition) is 1. The summed E-state index contributed by atoms with van der Waals surface area (Å²) in [6, 6.07) is 0. The maximum atomic E-state index is 11.9. The zero-order valence-corrected chi connectivity index (χ0v) is 13.6. The molecule has 21 heavy (non-hydrogen) atoms. The van der Waals surface area contributed by atoms with E-state index in [0.29, 0.717) is 17.1 Å². The highest BCUT2D eigenvalue weighted by atomic mass is 16.3. The average Bonchev–Trinajstić information content (AvgIpc) is 2.76. The van der Waals surface area contributed by atoms with Crippen LogP contribution in [-0.4, -0.2) is 17.0 Å². The van der Waals surface area contributed by atoms with E-state index in [2.05, 4.69) is 13.8 Å². The third kappa shape index (κ3) is 1.84. The van der Waals surface area contributed by atoms with Crippen LogP contribution in [0.2, 0.25) is 0 Å². The van der Waals surface area contributed by atoms with Gasteiger partial charge in [0.15, 0.2) is 0 Å². The Morgan fingerprint density at radius 1 is 0.952 bits per heavy atom. The Kier molecular flexibility index (Phi) is 3.10. The van der Waals surface area contributed by atoms with E-state index < -0.39 is 0 Å². The largest absolute Gasteiger partial charge is 0.393 e. The number of carbonyl (C=O) groups is 1. The van der Waals surface area contributed by atoms with Gasteiger partial charge in [0.25, 0.3) is 0 Å². The van der Waals surface area contributed by atoms with Crippen LogP contribution in [0.4, 0.5) is 0 Å². The molecule has 0 aromatic rings. The normalized spacial score (nSPS) is 56.5. The minimum absolute atomic E-state index is 0.0677. The zero-order chi connectivity index (χ0) is 14.8. The van der Waals surface area contributed by atoms with Gasteiger partial charge >= 0.3 is 0 Å². The van der Waals surface area contributed by atoms with Gasteiger partial charge in [0.2, 0.25) is 0 Å². The number of Topliss-reactive ketones (excluding diaryl/α,β-unsaturated/α-hetero) is 1. The third-order valence-corrected chi connectivity index (χ3v) is 8.43. The highest BCUT2D eigenvalue weighted by Crippen LogP contribution is 2.65. The molecule has 7 atom stereocenters. The molecular formula is C19H30O2. The Hall–Kier alpha value is -0.370. The first-order valence-electron chi connectivity index (χ1n) is 9.15. The van der Waals surface area contributed by atoms with Crippen molar-refractivity contribution in [2.45, 2.75) is 77.7 Å². The van der Waals surface area contributed by atoms with Crippen LogP contribution in [0.5, 0.6) is 0 Å². The number of carbonyl (C=O) groups excluding carboxylic acids is 1. The first-order chi connectivity index (χ1) is 9.95. The second kappa shape index (κ2) is 4.57. The van der Waals surface area contributed by atoms with Gasteiger partial charge in [-0.15, -0.1) is 0 Å². The number of rotatable bonds is 0. The van der Waals surface area contributed by atoms with Gasteiger partial charge in [-0.05, 0) is 79.4 Å². The van der Waals surface area contributed by atoms with Crippen molar-refractivity contribution in [2.24, 2.45) is 34.5 Å². The molecule has 0 amide bonds. The summed E-state index contributed by atoms with van der Waals surface area (Å²) in [6.07, 6.45) is 10.0. The van der Waals surface area contributed by atoms with Crippen LogP contribution in [0.25, 0.3) is 0 Å². The lowest BCUT2D eigenvalue weighted by atomic mass is 9.45. The molecule has 118 valence electrons. The van der Waals surface area contributed by atoms with Crippen molar-refractivity contribution in [1.29, 1.82) is 0 Å². The van der Waals surface area contributed by atoms with Gasteiger partial charge in [0.1, 0.15) is 5.78 Å². The first kappa shape index (κ1) is 14.2. The molecule has 1 N–H and O–H groups in total. The van der Waals surface area contributed by atoms with E-state index in [4.69, 9.17) is 0 Å². The smallest absolute Gasteiger partial charge is 0.133 e. The standard InChI is InChI=1S/C19H30O2/c1-18-9-7-13(20)11-12(18)3-4-14-15-5-6-17(21)19(15,2)10-8-16(14)18/h12,14-17,21H,3-11H2,1-2H3/t12-,14-,15-,16-,17-,18+,19-/m0/s1. The molecular weight excluding hydrogens is 260 g/mol. The van der Waals surface area contributed by atoms with Gasteiger partial charge in [-0.2, -0.15) is 0 Å². The lowest BCUT2D eigenvalue weighted by molar-refractivity contribution is -0.141. The van der Waals surface area contributed by atoms with Gasteiger partial charge in [-0.25, -0.2) is 0 Å². The molecule has 4 rings (SSSR count). The summed E-state index contributed by atoms with van der Waals surface area (Å²) in [5, 5.41) is 10.5. The third-order valence-electron chi connectivity index (χ3n) is 8.43. The van der Waals surface area contributed by atoms with Crippen LogP contribution in [0.3, 0.4) is 0 Å². The molecule has 0 aliphatic heterocycles. The maximum absolute atomic E-state index is 11.9. The van der Waals surface area contributed by atoms with Gasteiger partial charge in [-0.1, -0.05) is 13.8 Å². The molecule has 0 bridgehead atoms. The molecule has 0 radical (unpaired) electrons. The number of fused-ring (bicyclic) bond motifs is 5. The van der Waals surface area contributed by atoms with Crippen LogP contribution >= 0.6 is 0 Å². The number of hydrogen-bond acceptors (Lipinski definition) is 2. The Morgan fingerprint density at radius 2 is 1.71 bits per heavy atom. The van der Waals surface area contributed by atoms with Crippen LogP contribution in [0.1, 0.15) is 71.6 Å². The molecule has 0 aromatic heterocycles. The summed E-state index contributed by atoms with van der Waals surface area (Å²) in [5.74, 6) is 3.52. The predicted molar refractivity (Wildman–Crippen MR) is 82.7 cm³/mol. The van der Waals surface area contributed by atoms with Gasteiger partial charge in [0.05, 0.1) is 6.10 Å². The van der Waals surface area contributed by atoms with Crippen LogP contribution in [-0.2, 0) is 4.79 Å². The van der Waals surface area contributed by atoms with E-state index >= 15 is 0 Å². The number of aliphatic hydroxyl groups is 1. The topological polar surface area (TPSA) is 37.3 Å². The summed E-state index contributed by atoms with van der Waals surface area (Å²) < 4.78 is 0. The second-order valence-corrected chi connectivity index (χ2v) is 9.04. The Morgan fingerprint density at radius 3 is 2.52 bits per heavy atom. The van der Waals surface area contributed by atoms with Crippen LogP contribution < -0.4 is 0 Å². The van der Waals surface area contributed by atoms with Crippen molar-refractivity contribution in [3.8, 4) is 0 Å². The van der Waals surface area contributed by atoms with Crippen molar-refractivity contribution in [2.75, 3.05) is 0 Å². The van der Waals surface area contributed by atoms with E-state index in [1.807, 2.05) is 0 Å². The van der Waals surface area contributed by atoms with Crippen molar-refractivity contribution in [3.63, 3.8) is 0 Å². The quantitative estimate of drug-likeness (QED) is 0.733. The fourth-order valence-electron chi connectivity index (χ4n) is 7.02. The molecule has 4 fully saturated rings. The van der Waals surface area contributed by atoms with E-state index in [0.717, 1.165) is 43.4 Å².